The van der Waals surface area contributed by atoms with E-state index in [2.05, 4.69) is 10.3 Å². The van der Waals surface area contributed by atoms with Gasteiger partial charge in [0.05, 0.1) is 29.1 Å². The van der Waals surface area contributed by atoms with Gasteiger partial charge in [-0.2, -0.15) is 0 Å². The number of benzene rings is 2. The van der Waals surface area contributed by atoms with E-state index in [1.165, 1.54) is 28.0 Å². The third-order valence-corrected chi connectivity index (χ3v) is 8.34. The summed E-state index contributed by atoms with van der Waals surface area (Å²) in [4.78, 5) is 19.7. The van der Waals surface area contributed by atoms with Crippen LogP contribution in [-0.4, -0.2) is 45.7 Å². The normalized spacial score (nSPS) is 13.6. The summed E-state index contributed by atoms with van der Waals surface area (Å²) in [6, 6.07) is 15.4. The SMILES string of the molecule is CN1CCN(S(C)(=O)=O)c2cc3cc(C(=O)Nc4cc(Cl)nc(Oc5ccc(Cl)cc5)c4)sc3cc21. The molecule has 0 bridgehead atoms. The maximum absolute atomic E-state index is 13.1. The average molecular weight is 563 g/mol. The molecular formula is C24H20Cl2N4O4S2. The molecule has 3 heterocycles. The van der Waals surface area contributed by atoms with Crippen molar-refractivity contribution in [2.45, 2.75) is 0 Å². The number of fused-ring (bicyclic) bond motifs is 2. The Hall–Kier alpha value is -3.05. The molecule has 2 aromatic carbocycles. The topological polar surface area (TPSA) is 91.8 Å². The number of likely N-dealkylation sites (N-methyl/N-ethyl adjacent to an activating group) is 1. The minimum atomic E-state index is -3.42. The lowest BCUT2D eigenvalue weighted by atomic mass is 10.1. The Morgan fingerprint density at radius 1 is 1.06 bits per heavy atom. The minimum absolute atomic E-state index is 0.157. The third-order valence-electron chi connectivity index (χ3n) is 5.62. The molecule has 1 N–H and O–H groups in total. The van der Waals surface area contributed by atoms with Crippen LogP contribution in [0.15, 0.2) is 54.6 Å². The van der Waals surface area contributed by atoms with Crippen LogP contribution in [0.5, 0.6) is 11.6 Å². The smallest absolute Gasteiger partial charge is 0.265 e. The van der Waals surface area contributed by atoms with Crippen LogP contribution in [-0.2, 0) is 10.0 Å². The fourth-order valence-corrected chi connectivity index (χ4v) is 6.14. The number of aromatic nitrogens is 1. The van der Waals surface area contributed by atoms with Gasteiger partial charge in [-0.25, -0.2) is 13.4 Å². The largest absolute Gasteiger partial charge is 0.439 e. The van der Waals surface area contributed by atoms with Crippen LogP contribution in [0.3, 0.4) is 0 Å². The molecule has 12 heteroatoms. The first-order valence-corrected chi connectivity index (χ1v) is 14.2. The van der Waals surface area contributed by atoms with Gasteiger partial charge in [0.25, 0.3) is 5.91 Å². The number of nitrogens with one attached hydrogen (secondary N) is 1. The molecule has 0 saturated heterocycles. The van der Waals surface area contributed by atoms with E-state index >= 15 is 0 Å². The fourth-order valence-electron chi connectivity index (χ4n) is 3.92. The first-order chi connectivity index (χ1) is 17.1. The molecular weight excluding hydrogens is 543 g/mol. The maximum Gasteiger partial charge on any atom is 0.265 e. The quantitative estimate of drug-likeness (QED) is 0.306. The molecule has 0 fully saturated rings. The summed E-state index contributed by atoms with van der Waals surface area (Å²) in [5.74, 6) is 0.406. The van der Waals surface area contributed by atoms with Gasteiger partial charge in [-0.05, 0) is 53.9 Å². The number of carbonyl (C=O) groups is 1. The van der Waals surface area contributed by atoms with Gasteiger partial charge < -0.3 is 15.0 Å². The molecule has 1 amide bonds. The van der Waals surface area contributed by atoms with Crippen molar-refractivity contribution in [3.8, 4) is 11.6 Å². The lowest BCUT2D eigenvalue weighted by molar-refractivity contribution is 0.103. The summed E-state index contributed by atoms with van der Waals surface area (Å²) in [6.07, 6.45) is 1.20. The summed E-state index contributed by atoms with van der Waals surface area (Å²) in [5, 5.41) is 4.36. The second-order valence-corrected chi connectivity index (χ2v) is 12.1. The van der Waals surface area contributed by atoms with Gasteiger partial charge in [0.1, 0.15) is 10.9 Å². The highest BCUT2D eigenvalue weighted by atomic mass is 35.5. The number of nitrogens with zero attached hydrogens (tertiary/aromatic N) is 3. The Balaban J connectivity index is 1.42. The molecule has 2 aromatic heterocycles. The number of pyridine rings is 1. The van der Waals surface area contributed by atoms with Crippen LogP contribution in [0, 0.1) is 0 Å². The van der Waals surface area contributed by atoms with E-state index in [4.69, 9.17) is 27.9 Å². The van der Waals surface area contributed by atoms with Crippen molar-refractivity contribution in [2.24, 2.45) is 0 Å². The summed E-state index contributed by atoms with van der Waals surface area (Å²) < 4.78 is 32.6. The van der Waals surface area contributed by atoms with E-state index in [1.807, 2.05) is 24.1 Å². The average Bonchev–Trinajstić information content (AvgIpc) is 3.22. The van der Waals surface area contributed by atoms with Crippen LogP contribution >= 0.6 is 34.5 Å². The highest BCUT2D eigenvalue weighted by Crippen LogP contribution is 2.40. The van der Waals surface area contributed by atoms with E-state index in [0.717, 1.165) is 15.8 Å². The van der Waals surface area contributed by atoms with Gasteiger partial charge in [0.2, 0.25) is 15.9 Å². The summed E-state index contributed by atoms with van der Waals surface area (Å²) in [5.41, 5.74) is 1.83. The number of anilines is 3. The van der Waals surface area contributed by atoms with Gasteiger partial charge in [-0.15, -0.1) is 11.3 Å². The lowest BCUT2D eigenvalue weighted by Gasteiger charge is -2.35. The van der Waals surface area contributed by atoms with Crippen molar-refractivity contribution in [3.63, 3.8) is 0 Å². The van der Waals surface area contributed by atoms with E-state index in [9.17, 15) is 13.2 Å². The zero-order valence-corrected chi connectivity index (χ0v) is 22.3. The Morgan fingerprint density at radius 2 is 1.81 bits per heavy atom. The van der Waals surface area contributed by atoms with Crippen LogP contribution < -0.4 is 19.3 Å². The summed E-state index contributed by atoms with van der Waals surface area (Å²) in [7, 11) is -1.50. The Bertz CT molecular complexity index is 1590. The molecule has 0 radical (unpaired) electrons. The molecule has 5 rings (SSSR count). The number of halogens is 2. The second-order valence-electron chi connectivity index (χ2n) is 8.27. The number of hydrogen-bond donors (Lipinski definition) is 1. The van der Waals surface area contributed by atoms with Crippen molar-refractivity contribution in [1.29, 1.82) is 0 Å². The van der Waals surface area contributed by atoms with Gasteiger partial charge in [-0.3, -0.25) is 9.10 Å². The highest BCUT2D eigenvalue weighted by Gasteiger charge is 2.27. The van der Waals surface area contributed by atoms with Crippen LogP contribution in [0.1, 0.15) is 9.67 Å². The van der Waals surface area contributed by atoms with Gasteiger partial charge >= 0.3 is 0 Å². The molecule has 0 aliphatic carbocycles. The Labute approximate surface area is 222 Å². The summed E-state index contributed by atoms with van der Waals surface area (Å²) >= 11 is 13.4. The molecule has 36 heavy (non-hydrogen) atoms. The molecule has 4 aromatic rings. The Morgan fingerprint density at radius 3 is 2.53 bits per heavy atom. The number of thiophene rings is 1. The van der Waals surface area contributed by atoms with Crippen LogP contribution in [0.25, 0.3) is 10.1 Å². The molecule has 8 nitrogen and oxygen atoms in total. The van der Waals surface area contributed by atoms with Crippen molar-refractivity contribution in [2.75, 3.05) is 40.9 Å². The first-order valence-electron chi connectivity index (χ1n) is 10.8. The third kappa shape index (κ3) is 5.08. The lowest BCUT2D eigenvalue weighted by Crippen LogP contribution is -2.42. The maximum atomic E-state index is 13.1. The van der Waals surface area contributed by atoms with E-state index in [1.54, 1.807) is 36.4 Å². The first kappa shape index (κ1) is 24.6. The molecule has 186 valence electrons. The summed E-state index contributed by atoms with van der Waals surface area (Å²) in [6.45, 7) is 0.946. The van der Waals surface area contributed by atoms with Crippen molar-refractivity contribution in [1.82, 2.24) is 4.98 Å². The van der Waals surface area contributed by atoms with Gasteiger partial charge in [0, 0.05) is 35.1 Å². The number of rotatable bonds is 5. The fraction of sp³-hybridized carbons (Fsp3) is 0.167. The number of hydrogen-bond acceptors (Lipinski definition) is 7. The predicted molar refractivity (Wildman–Crippen MR) is 146 cm³/mol. The van der Waals surface area contributed by atoms with Crippen molar-refractivity contribution in [3.05, 3.63) is 69.7 Å². The van der Waals surface area contributed by atoms with Gasteiger partial charge in [-0.1, -0.05) is 23.2 Å². The second kappa shape index (κ2) is 9.44. The molecule has 1 aliphatic heterocycles. The van der Waals surface area contributed by atoms with E-state index in [-0.39, 0.29) is 16.9 Å². The monoisotopic (exact) mass is 562 g/mol. The molecule has 1 aliphatic rings. The number of amides is 1. The highest BCUT2D eigenvalue weighted by molar-refractivity contribution is 7.92. The molecule has 0 atom stereocenters. The van der Waals surface area contributed by atoms with Crippen LogP contribution in [0.2, 0.25) is 10.2 Å². The van der Waals surface area contributed by atoms with Gasteiger partial charge in [0.15, 0.2) is 0 Å². The molecule has 0 spiro atoms. The molecule has 0 unspecified atom stereocenters. The van der Waals surface area contributed by atoms with Crippen molar-refractivity contribution < 1.29 is 17.9 Å². The number of sulfonamides is 1. The van der Waals surface area contributed by atoms with Crippen LogP contribution in [0.4, 0.5) is 17.1 Å². The molecule has 0 saturated carbocycles. The van der Waals surface area contributed by atoms with E-state index in [0.29, 0.717) is 40.1 Å². The zero-order chi connectivity index (χ0) is 25.6. The Kier molecular flexibility index (Phi) is 6.46. The standard InChI is InChI=1S/C24H20Cl2N4O4S2/c1-29-7-8-30(36(2,32)33)19-9-14-10-21(35-20(14)13-18(19)29)24(31)27-16-11-22(26)28-23(12-16)34-17-5-3-15(25)4-6-17/h3-6,9-13H,7-8H2,1-2H3,(H,27,28,31). The van der Waals surface area contributed by atoms with Crippen molar-refractivity contribution >= 4 is 77.6 Å². The number of ether oxygens (including phenoxy) is 1. The minimum Gasteiger partial charge on any atom is -0.439 e. The van der Waals surface area contributed by atoms with E-state index < -0.39 is 10.0 Å². The zero-order valence-electron chi connectivity index (χ0n) is 19.2. The predicted octanol–water partition coefficient (Wildman–Crippen LogP) is 5.86. The number of carbonyl (C=O) groups excluding carboxylic acids is 1.